The first-order valence-corrected chi connectivity index (χ1v) is 10.9. The lowest BCUT2D eigenvalue weighted by Crippen LogP contribution is -2.24. The number of non-ortho nitro benzene ring substituents is 1. The van der Waals surface area contributed by atoms with Gasteiger partial charge in [0.2, 0.25) is 0 Å². The number of carbonyl (C=O) groups is 1. The summed E-state index contributed by atoms with van der Waals surface area (Å²) >= 11 is 0. The van der Waals surface area contributed by atoms with Gasteiger partial charge in [0, 0.05) is 55.8 Å². The van der Waals surface area contributed by atoms with Gasteiger partial charge in [-0.3, -0.25) is 19.6 Å². The predicted octanol–water partition coefficient (Wildman–Crippen LogP) is 2.79. The third-order valence-corrected chi connectivity index (χ3v) is 5.85. The van der Waals surface area contributed by atoms with Gasteiger partial charge in [-0.2, -0.15) is 0 Å². The van der Waals surface area contributed by atoms with Gasteiger partial charge in [0.05, 0.1) is 9.82 Å². The van der Waals surface area contributed by atoms with Crippen LogP contribution in [0.5, 0.6) is 0 Å². The Morgan fingerprint density at radius 2 is 1.81 bits per heavy atom. The number of nitrogens with zero attached hydrogens (tertiary/aromatic N) is 3. The van der Waals surface area contributed by atoms with Gasteiger partial charge in [-0.25, -0.2) is 13.4 Å². The molecule has 3 aromatic rings. The third kappa shape index (κ3) is 5.38. The molecule has 166 valence electrons. The quantitative estimate of drug-likeness (QED) is 0.394. The molecule has 0 spiro atoms. The monoisotopic (exact) mass is 455 g/mol. The molecule has 1 heterocycles. The van der Waals surface area contributed by atoms with E-state index in [0.29, 0.717) is 5.56 Å². The molecule has 10 nitrogen and oxygen atoms in total. The van der Waals surface area contributed by atoms with Crippen molar-refractivity contribution in [3.8, 4) is 0 Å². The van der Waals surface area contributed by atoms with Gasteiger partial charge in [-0.1, -0.05) is 12.1 Å². The molecule has 3 rings (SSSR count). The average Bonchev–Trinajstić information content (AvgIpc) is 2.78. The molecule has 0 unspecified atom stereocenters. The highest BCUT2D eigenvalue weighted by atomic mass is 32.2. The number of carbonyl (C=O) groups excluding carboxylic acids is 1. The van der Waals surface area contributed by atoms with Crippen LogP contribution in [0.3, 0.4) is 0 Å². The summed E-state index contributed by atoms with van der Waals surface area (Å²) in [6, 6.07) is 14.3. The molecule has 0 saturated carbocycles. The molecule has 1 amide bonds. The number of aromatic nitrogens is 1. The minimum absolute atomic E-state index is 0.218. The number of amides is 1. The van der Waals surface area contributed by atoms with Crippen LogP contribution >= 0.6 is 0 Å². The maximum Gasteiger partial charge on any atom is 0.270 e. The van der Waals surface area contributed by atoms with E-state index in [1.165, 1.54) is 42.5 Å². The molecule has 0 bridgehead atoms. The topological polar surface area (TPSA) is 135 Å². The second-order valence-corrected chi connectivity index (χ2v) is 8.68. The van der Waals surface area contributed by atoms with E-state index in [2.05, 4.69) is 15.0 Å². The van der Waals surface area contributed by atoms with Gasteiger partial charge in [0.1, 0.15) is 5.82 Å². The number of benzene rings is 2. The van der Waals surface area contributed by atoms with Crippen LogP contribution in [0.2, 0.25) is 0 Å². The fourth-order valence-electron chi connectivity index (χ4n) is 2.92. The summed E-state index contributed by atoms with van der Waals surface area (Å²) in [6.07, 6.45) is 1.67. The number of hydrogen-bond acceptors (Lipinski definition) is 7. The van der Waals surface area contributed by atoms with Gasteiger partial charge in [0.15, 0.2) is 0 Å². The number of sulfonamides is 1. The summed E-state index contributed by atoms with van der Waals surface area (Å²) in [7, 11) is -0.304. The molecular weight excluding hydrogens is 434 g/mol. The first-order chi connectivity index (χ1) is 15.2. The van der Waals surface area contributed by atoms with Crippen LogP contribution in [0.15, 0.2) is 71.8 Å². The predicted molar refractivity (Wildman–Crippen MR) is 120 cm³/mol. The van der Waals surface area contributed by atoms with Crippen LogP contribution in [0.4, 0.5) is 17.2 Å². The molecule has 1 aromatic heterocycles. The van der Waals surface area contributed by atoms with E-state index in [9.17, 15) is 23.3 Å². The summed E-state index contributed by atoms with van der Waals surface area (Å²) in [5.41, 5.74) is 1.09. The maximum absolute atomic E-state index is 12.5. The molecule has 2 N–H and O–H groups in total. The lowest BCUT2D eigenvalue weighted by Gasteiger charge is -2.16. The molecular formula is C21H21N5O5S. The standard InChI is InChI=1S/C21H21N5O5S/c1-25(2)20-16(5-4-12-22-20)14-23-21(27)15-8-10-17(11-9-15)24-32(30,31)19-7-3-6-18(13-19)26(28)29/h3-13,24H,14H2,1-2H3,(H,23,27). The molecule has 0 radical (unpaired) electrons. The van der Waals surface area contributed by atoms with Crippen molar-refractivity contribution in [3.63, 3.8) is 0 Å². The summed E-state index contributed by atoms with van der Waals surface area (Å²) in [4.78, 5) is 28.6. The number of rotatable bonds is 8. The van der Waals surface area contributed by atoms with E-state index in [1.807, 2.05) is 25.1 Å². The maximum atomic E-state index is 12.5. The Labute approximate surface area is 185 Å². The van der Waals surface area contributed by atoms with Crippen molar-refractivity contribution in [1.82, 2.24) is 10.3 Å². The highest BCUT2D eigenvalue weighted by molar-refractivity contribution is 7.92. The number of nitro groups is 1. The Kier molecular flexibility index (Phi) is 6.69. The van der Waals surface area contributed by atoms with Crippen LogP contribution in [-0.4, -0.2) is 38.3 Å². The summed E-state index contributed by atoms with van der Waals surface area (Å²) in [5, 5.41) is 13.7. The number of hydrogen-bond donors (Lipinski definition) is 2. The smallest absolute Gasteiger partial charge is 0.270 e. The zero-order valence-electron chi connectivity index (χ0n) is 17.3. The van der Waals surface area contributed by atoms with Crippen molar-refractivity contribution in [2.75, 3.05) is 23.7 Å². The van der Waals surface area contributed by atoms with E-state index < -0.39 is 14.9 Å². The summed E-state index contributed by atoms with van der Waals surface area (Å²) in [6.45, 7) is 0.279. The van der Waals surface area contributed by atoms with Crippen molar-refractivity contribution in [2.45, 2.75) is 11.4 Å². The highest BCUT2D eigenvalue weighted by Gasteiger charge is 2.18. The van der Waals surface area contributed by atoms with Crippen molar-refractivity contribution in [3.05, 3.63) is 88.1 Å². The first kappa shape index (κ1) is 22.7. The Morgan fingerprint density at radius 1 is 1.09 bits per heavy atom. The molecule has 11 heteroatoms. The Morgan fingerprint density at radius 3 is 2.47 bits per heavy atom. The van der Waals surface area contributed by atoms with Crippen molar-refractivity contribution in [2.24, 2.45) is 0 Å². The average molecular weight is 455 g/mol. The van der Waals surface area contributed by atoms with Crippen molar-refractivity contribution >= 4 is 33.1 Å². The molecule has 0 fully saturated rings. The van der Waals surface area contributed by atoms with E-state index in [1.54, 1.807) is 12.3 Å². The lowest BCUT2D eigenvalue weighted by molar-refractivity contribution is -0.385. The second-order valence-electron chi connectivity index (χ2n) is 7.00. The normalized spacial score (nSPS) is 10.9. The Bertz CT molecular complexity index is 1240. The van der Waals surface area contributed by atoms with E-state index in [0.717, 1.165) is 17.4 Å². The first-order valence-electron chi connectivity index (χ1n) is 9.44. The van der Waals surface area contributed by atoms with Crippen molar-refractivity contribution in [1.29, 1.82) is 0 Å². The fourth-order valence-corrected chi connectivity index (χ4v) is 4.01. The minimum atomic E-state index is -4.03. The SMILES string of the molecule is CN(C)c1ncccc1CNC(=O)c1ccc(NS(=O)(=O)c2cccc([N+](=O)[O-])c2)cc1. The van der Waals surface area contributed by atoms with Crippen LogP contribution in [0.1, 0.15) is 15.9 Å². The molecule has 0 aliphatic carbocycles. The van der Waals surface area contributed by atoms with Gasteiger partial charge in [0.25, 0.3) is 21.6 Å². The van der Waals surface area contributed by atoms with Gasteiger partial charge >= 0.3 is 0 Å². The zero-order chi connectivity index (χ0) is 23.3. The second kappa shape index (κ2) is 9.43. The van der Waals surface area contributed by atoms with Crippen LogP contribution in [0.25, 0.3) is 0 Å². The number of pyridine rings is 1. The van der Waals surface area contributed by atoms with Gasteiger partial charge < -0.3 is 10.2 Å². The third-order valence-electron chi connectivity index (χ3n) is 4.47. The fraction of sp³-hybridized carbons (Fsp3) is 0.143. The van der Waals surface area contributed by atoms with Crippen LogP contribution in [-0.2, 0) is 16.6 Å². The zero-order valence-corrected chi connectivity index (χ0v) is 18.2. The van der Waals surface area contributed by atoms with E-state index >= 15 is 0 Å². The molecule has 0 atom stereocenters. The minimum Gasteiger partial charge on any atom is -0.362 e. The van der Waals surface area contributed by atoms with Crippen LogP contribution < -0.4 is 14.9 Å². The van der Waals surface area contributed by atoms with E-state index in [-0.39, 0.29) is 28.7 Å². The van der Waals surface area contributed by atoms with Gasteiger partial charge in [-0.05, 0) is 36.4 Å². The highest BCUT2D eigenvalue weighted by Crippen LogP contribution is 2.21. The number of anilines is 2. The molecule has 0 aliphatic rings. The molecule has 0 aliphatic heterocycles. The molecule has 32 heavy (non-hydrogen) atoms. The van der Waals surface area contributed by atoms with E-state index in [4.69, 9.17) is 0 Å². The van der Waals surface area contributed by atoms with Crippen molar-refractivity contribution < 1.29 is 18.1 Å². The lowest BCUT2D eigenvalue weighted by atomic mass is 10.2. The summed E-state index contributed by atoms with van der Waals surface area (Å²) < 4.78 is 27.4. The molecule has 2 aromatic carbocycles. The number of nitrogens with one attached hydrogen (secondary N) is 2. The Hall–Kier alpha value is -3.99. The molecule has 0 saturated heterocycles. The number of nitro benzene ring substituents is 1. The van der Waals surface area contributed by atoms with Crippen LogP contribution in [0, 0.1) is 10.1 Å². The Balaban J connectivity index is 1.68. The summed E-state index contributed by atoms with van der Waals surface area (Å²) in [5.74, 6) is 0.422. The van der Waals surface area contributed by atoms with Gasteiger partial charge in [-0.15, -0.1) is 0 Å². The largest absolute Gasteiger partial charge is 0.362 e.